The Morgan fingerprint density at radius 1 is 0.305 bits per heavy atom. The molecule has 0 aliphatic carbocycles. The van der Waals surface area contributed by atoms with Crippen LogP contribution in [0.4, 0.5) is 22.7 Å². The summed E-state index contributed by atoms with van der Waals surface area (Å²) in [5.74, 6) is 3.48. The Balaban J connectivity index is 0.000000214. The minimum Gasteiger partial charge on any atom is -0.508 e. The summed E-state index contributed by atoms with van der Waals surface area (Å²) in [5.41, 5.74) is 21.9. The van der Waals surface area contributed by atoms with Gasteiger partial charge in [0.1, 0.15) is 0 Å². The van der Waals surface area contributed by atoms with Gasteiger partial charge in [-0.05, 0) is 196 Å². The molecule has 0 atom stereocenters. The second-order valence-electron chi connectivity index (χ2n) is 32.3. The topological polar surface area (TPSA) is 61.6 Å². The molecule has 0 unspecified atom stereocenters. The molecule has 14 heteroatoms. The van der Waals surface area contributed by atoms with Gasteiger partial charge in [0, 0.05) is 75.4 Å². The van der Waals surface area contributed by atoms with Crippen molar-refractivity contribution < 1.29 is 40.2 Å². The normalized spacial score (nSPS) is 13.7. The molecule has 0 saturated heterocycles. The molecule has 0 saturated carbocycles. The molecule has 12 nitrogen and oxygen atoms in total. The van der Waals surface area contributed by atoms with Crippen molar-refractivity contribution in [1.29, 1.82) is 0 Å². The van der Waals surface area contributed by atoms with Gasteiger partial charge in [0.15, 0.2) is 0 Å². The largest absolute Gasteiger partial charge is 0.508 e. The SMILES string of the molecule is CC(C)c1cc(-c2ccccc2)cc(C(C)C)c1-n1cc(CCCCCCc2c[c-]c(N3C=CN(CCCCN4C=CN(c5[c-]cccc5)[CH-]4)[CH-]3)cc2)nc1-c1[c-]cccc1.CC(C)c1cccc(C(C)C)c1-n1cc(CCCCCCc2c[c-]c(N3C=CN(CCCCN4C=CN(c5[c-]cccc5)[CH-]4)[CH-]3)cc2)nc1-c1[c-]cccc1.[Ir].[Ir]. The molecular weight excluding hydrogens is 1800 g/mol. The summed E-state index contributed by atoms with van der Waals surface area (Å²) in [5, 5.41) is 0. The number of aromatic nitrogens is 4. The summed E-state index contributed by atoms with van der Waals surface area (Å²) in [6.45, 7) is 31.0. The molecule has 4 aliphatic rings. The van der Waals surface area contributed by atoms with Crippen molar-refractivity contribution in [3.8, 4) is 45.3 Å². The van der Waals surface area contributed by atoms with Crippen LogP contribution in [0.5, 0.6) is 0 Å². The van der Waals surface area contributed by atoms with Gasteiger partial charge in [0.2, 0.25) is 0 Å². The fourth-order valence-corrected chi connectivity index (χ4v) is 15.8. The monoisotopic (exact) mass is 1920 g/mol. The van der Waals surface area contributed by atoms with Crippen molar-refractivity contribution in [3.05, 3.63) is 364 Å². The van der Waals surface area contributed by atoms with Crippen molar-refractivity contribution in [2.45, 2.75) is 182 Å². The van der Waals surface area contributed by atoms with E-state index >= 15 is 0 Å². The van der Waals surface area contributed by atoms with Crippen LogP contribution in [0.2, 0.25) is 0 Å². The van der Waals surface area contributed by atoms with Crippen LogP contribution in [0.15, 0.2) is 256 Å². The molecule has 618 valence electrons. The number of hydrogen-bond donors (Lipinski definition) is 0. The number of aryl methyl sites for hydroxylation is 4. The minimum atomic E-state index is 0. The third-order valence-corrected chi connectivity index (χ3v) is 22.2. The summed E-state index contributed by atoms with van der Waals surface area (Å²) in [7, 11) is 0. The van der Waals surface area contributed by atoms with E-state index in [9.17, 15) is 0 Å². The maximum atomic E-state index is 5.30. The molecule has 6 heterocycles. The Bertz CT molecular complexity index is 4920. The fraction of sp³-hybridized carbons (Fsp3) is 0.308. The Morgan fingerprint density at radius 2 is 0.653 bits per heavy atom. The smallest absolute Gasteiger partial charge is 0.0606 e. The average molecular weight is 1920 g/mol. The zero-order chi connectivity index (χ0) is 80.0. The average Bonchev–Trinajstić information content (AvgIpc) is 1.48. The van der Waals surface area contributed by atoms with E-state index in [-0.39, 0.29) is 40.2 Å². The van der Waals surface area contributed by atoms with Gasteiger partial charge in [-0.2, -0.15) is 135 Å². The standard InChI is InChI=1S/C55H59N6.C49H55N6.2Ir/c1-43(2)52-38-48(46-21-11-7-12-22-46)39-53(44(3)4)54(52)61-40-49(56-55(61)47-23-13-8-14-24-47)25-15-6-5-10-20-45-28-30-51(31-29-45)60-37-35-58(42-60)33-19-18-32-57-34-36-59(41-57)50-26-16-9-17-27-50;1-39(2)46-24-17-25-47(40(3)4)48(46)55-36-43(50-49(55)42-19-10-7-11-20-42)21-12-6-5-9-18-41-26-28-45(29-27-41)54-35-33-52(38-54)31-16-15-30-51-32-34-53(37-51)44-22-13-8-14-23-44;;/h7-9,11-14,16-17,21-23,26,28-30,34-44H,5-6,10,15,18-20,25,32-33H2,1-4H3;7-8,10-11,13-14,17,19,22,24-28,32-40H,5-6,9,12,15-16,18,21,30-31H2,1-4H3;;/q2*-5;;. The van der Waals surface area contributed by atoms with Crippen LogP contribution in [-0.2, 0) is 65.9 Å². The summed E-state index contributed by atoms with van der Waals surface area (Å²) >= 11 is 0. The van der Waals surface area contributed by atoms with Gasteiger partial charge in [-0.1, -0.05) is 155 Å². The van der Waals surface area contributed by atoms with Crippen molar-refractivity contribution in [2.24, 2.45) is 0 Å². The van der Waals surface area contributed by atoms with Crippen molar-refractivity contribution in [2.75, 3.05) is 45.8 Å². The first-order valence-corrected chi connectivity index (χ1v) is 42.5. The van der Waals surface area contributed by atoms with Crippen LogP contribution in [-0.4, -0.2) is 64.9 Å². The molecule has 15 rings (SSSR count). The second-order valence-corrected chi connectivity index (χ2v) is 32.3. The van der Waals surface area contributed by atoms with E-state index in [0.29, 0.717) is 23.7 Å². The van der Waals surface area contributed by atoms with E-state index < -0.39 is 0 Å². The number of benzene rings is 9. The molecule has 4 aliphatic heterocycles. The zero-order valence-electron chi connectivity index (χ0n) is 70.0. The van der Waals surface area contributed by atoms with Gasteiger partial charge in [-0.25, -0.2) is 0 Å². The third kappa shape index (κ3) is 23.3. The molecule has 2 aromatic heterocycles. The van der Waals surface area contributed by atoms with Crippen LogP contribution in [0.25, 0.3) is 45.3 Å². The van der Waals surface area contributed by atoms with E-state index in [1.165, 1.54) is 94.4 Å². The molecule has 2 radical (unpaired) electrons. The van der Waals surface area contributed by atoms with Crippen LogP contribution in [0, 0.1) is 63.1 Å². The van der Waals surface area contributed by atoms with Gasteiger partial charge in [-0.3, -0.25) is 9.97 Å². The van der Waals surface area contributed by atoms with E-state index in [2.05, 4.69) is 362 Å². The predicted molar refractivity (Wildman–Crippen MR) is 479 cm³/mol. The summed E-state index contributed by atoms with van der Waals surface area (Å²) in [6.07, 6.45) is 39.6. The minimum absolute atomic E-state index is 0. The van der Waals surface area contributed by atoms with E-state index in [4.69, 9.17) is 9.97 Å². The Labute approximate surface area is 733 Å². The molecule has 0 N–H and O–H groups in total. The predicted octanol–water partition coefficient (Wildman–Crippen LogP) is 24.5. The Morgan fingerprint density at radius 3 is 0.992 bits per heavy atom. The van der Waals surface area contributed by atoms with E-state index in [0.717, 1.165) is 147 Å². The summed E-state index contributed by atoms with van der Waals surface area (Å²) in [6, 6.07) is 88.8. The van der Waals surface area contributed by atoms with Crippen molar-refractivity contribution in [3.63, 3.8) is 0 Å². The molecule has 0 bridgehead atoms. The first-order valence-electron chi connectivity index (χ1n) is 42.5. The molecule has 11 aromatic rings. The van der Waals surface area contributed by atoms with Gasteiger partial charge in [0.05, 0.1) is 11.6 Å². The molecular formula is C104H114Ir2N12-10. The second kappa shape index (κ2) is 43.7. The van der Waals surface area contributed by atoms with E-state index in [1.807, 2.05) is 60.7 Å². The van der Waals surface area contributed by atoms with Gasteiger partial charge in [0.25, 0.3) is 0 Å². The quantitative estimate of drug-likeness (QED) is 0.0278. The molecule has 9 aromatic carbocycles. The summed E-state index contributed by atoms with van der Waals surface area (Å²) in [4.78, 5) is 28.1. The first kappa shape index (κ1) is 87.4. The molecule has 0 spiro atoms. The van der Waals surface area contributed by atoms with Crippen molar-refractivity contribution >= 4 is 22.7 Å². The molecule has 0 amide bonds. The van der Waals surface area contributed by atoms with Gasteiger partial charge >= 0.3 is 0 Å². The summed E-state index contributed by atoms with van der Waals surface area (Å²) < 4.78 is 4.73. The van der Waals surface area contributed by atoms with Gasteiger partial charge < -0.3 is 48.3 Å². The Kier molecular flexibility index (Phi) is 32.3. The molecule has 118 heavy (non-hydrogen) atoms. The number of anilines is 4. The van der Waals surface area contributed by atoms with Gasteiger partial charge in [-0.15, -0.1) is 107 Å². The zero-order valence-corrected chi connectivity index (χ0v) is 74.8. The fourth-order valence-electron chi connectivity index (χ4n) is 15.8. The molecule has 0 fully saturated rings. The van der Waals surface area contributed by atoms with Crippen LogP contribution in [0.1, 0.15) is 201 Å². The van der Waals surface area contributed by atoms with Crippen LogP contribution in [0.3, 0.4) is 0 Å². The number of rotatable bonds is 37. The maximum Gasteiger partial charge on any atom is 0.0606 e. The van der Waals surface area contributed by atoms with E-state index in [1.54, 1.807) is 0 Å². The Hall–Kier alpha value is -9.94. The number of nitrogens with zero attached hydrogens (tertiary/aromatic N) is 12. The first-order chi connectivity index (χ1) is 56.8. The van der Waals surface area contributed by atoms with Crippen molar-refractivity contribution in [1.82, 2.24) is 38.7 Å². The van der Waals surface area contributed by atoms with Crippen LogP contribution < -0.4 is 19.6 Å². The number of unbranched alkanes of at least 4 members (excludes halogenated alkanes) is 8. The number of para-hydroxylation sites is 3. The number of hydrogen-bond acceptors (Lipinski definition) is 10. The third-order valence-electron chi connectivity index (χ3n) is 22.2. The number of imidazole rings is 2. The van der Waals surface area contributed by atoms with Crippen LogP contribution >= 0.6 is 0 Å². The maximum absolute atomic E-state index is 5.30.